The highest BCUT2D eigenvalue weighted by molar-refractivity contribution is 5.93. The maximum atomic E-state index is 12.7. The van der Waals surface area contributed by atoms with E-state index in [0.29, 0.717) is 29.7 Å². The number of aryl methyl sites for hydroxylation is 1. The van der Waals surface area contributed by atoms with Gasteiger partial charge in [0, 0.05) is 38.9 Å². The highest BCUT2D eigenvalue weighted by Gasteiger charge is 2.19. The number of rotatable bonds is 4. The maximum Gasteiger partial charge on any atom is 0.330 e. The van der Waals surface area contributed by atoms with E-state index in [1.54, 1.807) is 20.4 Å². The van der Waals surface area contributed by atoms with Crippen molar-refractivity contribution in [2.75, 3.05) is 13.7 Å². The van der Waals surface area contributed by atoms with Gasteiger partial charge in [-0.1, -0.05) is 12.1 Å². The summed E-state index contributed by atoms with van der Waals surface area (Å²) in [7, 11) is 4.74. The Kier molecular flexibility index (Phi) is 4.02. The lowest BCUT2D eigenvalue weighted by Crippen LogP contribution is -2.36. The number of benzene rings is 1. The van der Waals surface area contributed by atoms with E-state index < -0.39 is 0 Å². The summed E-state index contributed by atoms with van der Waals surface area (Å²) in [5.74, 6) is 0.697. The third-order valence-corrected chi connectivity index (χ3v) is 4.23. The van der Waals surface area contributed by atoms with Crippen molar-refractivity contribution in [2.24, 2.45) is 19.8 Å². The number of fused-ring (bicyclic) bond motifs is 1. The van der Waals surface area contributed by atoms with Gasteiger partial charge in [-0.05, 0) is 12.1 Å². The molecule has 2 heterocycles. The Labute approximate surface area is 138 Å². The summed E-state index contributed by atoms with van der Waals surface area (Å²) in [4.78, 5) is 24.9. The Morgan fingerprint density at radius 3 is 2.58 bits per heavy atom. The zero-order valence-electron chi connectivity index (χ0n) is 13.9. The highest BCUT2D eigenvalue weighted by Crippen LogP contribution is 2.30. The summed E-state index contributed by atoms with van der Waals surface area (Å²) in [6.45, 7) is 0.963. The van der Waals surface area contributed by atoms with Crippen molar-refractivity contribution in [3.63, 3.8) is 0 Å². The number of aromatic nitrogens is 3. The van der Waals surface area contributed by atoms with Crippen LogP contribution >= 0.6 is 0 Å². The molecule has 7 nitrogen and oxygen atoms in total. The number of hydrogen-bond acceptors (Lipinski definition) is 4. The molecule has 3 aromatic rings. The van der Waals surface area contributed by atoms with Crippen LogP contribution in [0, 0.1) is 0 Å². The minimum Gasteiger partial charge on any atom is -0.497 e. The molecule has 0 fully saturated rings. The van der Waals surface area contributed by atoms with Crippen molar-refractivity contribution in [3.8, 4) is 17.0 Å². The zero-order valence-corrected chi connectivity index (χ0v) is 13.9. The molecule has 7 heteroatoms. The van der Waals surface area contributed by atoms with E-state index in [0.717, 1.165) is 15.8 Å². The average molecular weight is 328 g/mol. The summed E-state index contributed by atoms with van der Waals surface area (Å²) >= 11 is 0. The molecule has 0 saturated carbocycles. The van der Waals surface area contributed by atoms with Crippen molar-refractivity contribution in [2.45, 2.75) is 6.54 Å². The zero-order chi connectivity index (χ0) is 17.4. The molecule has 0 unspecified atom stereocenters. The standard InChI is InChI=1S/C17H20N4O3/c1-19-13-10-21(8-7-18)15(11-5-4-6-12(9-11)24-3)14(13)16(22)20(2)17(19)23/h4-6,9-10H,7-8,18H2,1-3H3. The monoisotopic (exact) mass is 328 g/mol. The molecule has 2 aromatic heterocycles. The predicted octanol–water partition coefficient (Wildman–Crippen LogP) is 0.673. The normalized spacial score (nSPS) is 11.2. The molecule has 0 aliphatic heterocycles. The van der Waals surface area contributed by atoms with Crippen LogP contribution in [0.1, 0.15) is 0 Å². The van der Waals surface area contributed by atoms with Crippen molar-refractivity contribution < 1.29 is 4.74 Å². The van der Waals surface area contributed by atoms with Crippen LogP contribution in [-0.2, 0) is 20.6 Å². The van der Waals surface area contributed by atoms with E-state index >= 15 is 0 Å². The molecule has 126 valence electrons. The molecule has 3 rings (SSSR count). The van der Waals surface area contributed by atoms with Gasteiger partial charge in [0.2, 0.25) is 0 Å². The fourth-order valence-corrected chi connectivity index (χ4v) is 2.99. The van der Waals surface area contributed by atoms with Gasteiger partial charge in [-0.15, -0.1) is 0 Å². The van der Waals surface area contributed by atoms with Gasteiger partial charge in [-0.25, -0.2) is 4.79 Å². The van der Waals surface area contributed by atoms with Crippen LogP contribution in [0.5, 0.6) is 5.75 Å². The Balaban J connectivity index is 2.47. The summed E-state index contributed by atoms with van der Waals surface area (Å²) in [6, 6.07) is 7.49. The molecular formula is C17H20N4O3. The topological polar surface area (TPSA) is 84.2 Å². The summed E-state index contributed by atoms with van der Waals surface area (Å²) in [6.07, 6.45) is 1.81. The molecule has 0 radical (unpaired) electrons. The first-order chi connectivity index (χ1) is 11.5. The Morgan fingerprint density at radius 2 is 1.92 bits per heavy atom. The van der Waals surface area contributed by atoms with Crippen LogP contribution in [0.25, 0.3) is 22.2 Å². The summed E-state index contributed by atoms with van der Waals surface area (Å²) in [5.41, 5.74) is 7.23. The first kappa shape index (κ1) is 16.1. The molecule has 0 amide bonds. The van der Waals surface area contributed by atoms with Gasteiger partial charge in [-0.2, -0.15) is 0 Å². The molecule has 24 heavy (non-hydrogen) atoms. The van der Waals surface area contributed by atoms with Gasteiger partial charge in [0.05, 0.1) is 23.7 Å². The fourth-order valence-electron chi connectivity index (χ4n) is 2.99. The Hall–Kier alpha value is -2.80. The molecule has 0 atom stereocenters. The molecule has 2 N–H and O–H groups in total. The van der Waals surface area contributed by atoms with E-state index in [1.165, 1.54) is 11.6 Å². The smallest absolute Gasteiger partial charge is 0.330 e. The summed E-state index contributed by atoms with van der Waals surface area (Å²) in [5, 5.41) is 0.501. The van der Waals surface area contributed by atoms with Crippen molar-refractivity contribution in [3.05, 3.63) is 51.3 Å². The first-order valence-corrected chi connectivity index (χ1v) is 7.63. The molecule has 1 aromatic carbocycles. The van der Waals surface area contributed by atoms with Crippen molar-refractivity contribution >= 4 is 10.9 Å². The highest BCUT2D eigenvalue weighted by atomic mass is 16.5. The Morgan fingerprint density at radius 1 is 1.17 bits per heavy atom. The third kappa shape index (κ3) is 2.33. The van der Waals surface area contributed by atoms with Gasteiger partial charge in [0.25, 0.3) is 5.56 Å². The van der Waals surface area contributed by atoms with Crippen LogP contribution in [0.3, 0.4) is 0 Å². The van der Waals surface area contributed by atoms with Crippen LogP contribution in [0.15, 0.2) is 40.1 Å². The number of methoxy groups -OCH3 is 1. The largest absolute Gasteiger partial charge is 0.497 e. The second-order valence-electron chi connectivity index (χ2n) is 5.66. The van der Waals surface area contributed by atoms with Crippen LogP contribution in [0.2, 0.25) is 0 Å². The van der Waals surface area contributed by atoms with Gasteiger partial charge >= 0.3 is 5.69 Å². The fraction of sp³-hybridized carbons (Fsp3) is 0.294. The van der Waals surface area contributed by atoms with Gasteiger partial charge in [0.15, 0.2) is 0 Å². The van der Waals surface area contributed by atoms with Gasteiger partial charge in [0.1, 0.15) is 5.75 Å². The van der Waals surface area contributed by atoms with E-state index in [9.17, 15) is 9.59 Å². The second kappa shape index (κ2) is 6.01. The molecule has 0 bridgehead atoms. The molecular weight excluding hydrogens is 308 g/mol. The number of hydrogen-bond donors (Lipinski definition) is 1. The minimum atomic E-state index is -0.352. The lowest BCUT2D eigenvalue weighted by atomic mass is 10.1. The van der Waals surface area contributed by atoms with E-state index in [1.807, 2.05) is 28.8 Å². The molecule has 0 saturated heterocycles. The lowest BCUT2D eigenvalue weighted by Gasteiger charge is -2.10. The number of nitrogens with zero attached hydrogens (tertiary/aromatic N) is 3. The Bertz CT molecular complexity index is 1030. The molecule has 0 aliphatic rings. The molecule has 0 spiro atoms. The summed E-state index contributed by atoms with van der Waals surface area (Å²) < 4.78 is 9.81. The van der Waals surface area contributed by atoms with Crippen LogP contribution in [0.4, 0.5) is 0 Å². The number of nitrogens with two attached hydrogens (primary N) is 1. The van der Waals surface area contributed by atoms with Crippen LogP contribution in [-0.4, -0.2) is 27.4 Å². The van der Waals surface area contributed by atoms with E-state index in [-0.39, 0.29) is 11.2 Å². The second-order valence-corrected chi connectivity index (χ2v) is 5.66. The average Bonchev–Trinajstić information content (AvgIpc) is 2.98. The number of ether oxygens (including phenoxy) is 1. The van der Waals surface area contributed by atoms with Crippen LogP contribution < -0.4 is 21.7 Å². The third-order valence-electron chi connectivity index (χ3n) is 4.23. The lowest BCUT2D eigenvalue weighted by molar-refractivity contribution is 0.415. The van der Waals surface area contributed by atoms with Crippen molar-refractivity contribution in [1.82, 2.24) is 13.7 Å². The van der Waals surface area contributed by atoms with Crippen molar-refractivity contribution in [1.29, 1.82) is 0 Å². The maximum absolute atomic E-state index is 12.7. The first-order valence-electron chi connectivity index (χ1n) is 7.63. The minimum absolute atomic E-state index is 0.318. The van der Waals surface area contributed by atoms with Gasteiger partial charge < -0.3 is 15.0 Å². The van der Waals surface area contributed by atoms with E-state index in [2.05, 4.69) is 0 Å². The molecule has 0 aliphatic carbocycles. The van der Waals surface area contributed by atoms with E-state index in [4.69, 9.17) is 10.5 Å². The SMILES string of the molecule is COc1cccc(-c2c3c(=O)n(C)c(=O)n(C)c3cn2CCN)c1. The predicted molar refractivity (Wildman–Crippen MR) is 93.5 cm³/mol. The quantitative estimate of drug-likeness (QED) is 0.763. The van der Waals surface area contributed by atoms with Gasteiger partial charge in [-0.3, -0.25) is 13.9 Å².